The fourth-order valence-corrected chi connectivity index (χ4v) is 10.4. The van der Waals surface area contributed by atoms with Gasteiger partial charge in [-0.1, -0.05) is 60.1 Å². The van der Waals surface area contributed by atoms with E-state index < -0.39 is 0 Å². The number of hydrogen-bond acceptors (Lipinski definition) is 2. The van der Waals surface area contributed by atoms with Crippen LogP contribution in [0.4, 0.5) is 0 Å². The van der Waals surface area contributed by atoms with Crippen molar-refractivity contribution >= 4 is 5.78 Å². The molecule has 0 aromatic rings. The van der Waals surface area contributed by atoms with Gasteiger partial charge < -0.3 is 5.11 Å². The number of carbonyl (C=O) groups excluding carboxylic acids is 1. The molecule has 0 spiro atoms. The standard InChI is InChI=1S/C30H48O2/c1-25(2)22-10-13-30(7)23(28(22,5)12-11-24(25)32)9-8-20-21-18-26(3,19-31)14-15-27(21,4)16-17-29(20,30)6/h8,21-23,31H,9-19H2,1-7H3/t21-,22-,23+,26+,27+,28-,29+,30+/m0/s1. The lowest BCUT2D eigenvalue weighted by atomic mass is 9.34. The molecule has 32 heavy (non-hydrogen) atoms. The number of aliphatic hydroxyl groups is 1. The van der Waals surface area contributed by atoms with Crippen LogP contribution in [0.5, 0.6) is 0 Å². The SMILES string of the molecule is CC1(C)C(=O)CC[C@]2(C)[C@H]3CC=C4[C@@H]5C[C@](C)(CO)CC[C@]5(C)CC[C@@]4(C)[C@]3(C)CC[C@@H]12. The maximum atomic E-state index is 12.9. The Labute approximate surface area is 197 Å². The Hall–Kier alpha value is -0.630. The number of hydrogen-bond donors (Lipinski definition) is 1. The molecule has 0 amide bonds. The molecule has 1 N–H and O–H groups in total. The molecule has 0 aromatic heterocycles. The highest BCUT2D eigenvalue weighted by molar-refractivity contribution is 5.85. The molecule has 0 saturated heterocycles. The van der Waals surface area contributed by atoms with Gasteiger partial charge in [-0.05, 0) is 103 Å². The predicted molar refractivity (Wildman–Crippen MR) is 131 cm³/mol. The summed E-state index contributed by atoms with van der Waals surface area (Å²) in [5, 5.41) is 10.2. The second kappa shape index (κ2) is 6.73. The van der Waals surface area contributed by atoms with Gasteiger partial charge in [-0.2, -0.15) is 0 Å². The number of rotatable bonds is 1. The minimum absolute atomic E-state index is 0.0818. The Kier molecular flexibility index (Phi) is 4.87. The molecule has 5 aliphatic rings. The lowest BCUT2D eigenvalue weighted by Crippen LogP contribution is -2.64. The van der Waals surface area contributed by atoms with Crippen molar-refractivity contribution in [1.82, 2.24) is 0 Å². The fraction of sp³-hybridized carbons (Fsp3) is 0.900. The zero-order valence-electron chi connectivity index (χ0n) is 21.9. The molecule has 0 aliphatic heterocycles. The molecule has 5 rings (SSSR count). The summed E-state index contributed by atoms with van der Waals surface area (Å²) in [6.07, 6.45) is 14.5. The molecule has 8 atom stereocenters. The summed E-state index contributed by atoms with van der Waals surface area (Å²) in [6.45, 7) is 17.5. The number of ketones is 1. The van der Waals surface area contributed by atoms with Gasteiger partial charge in [0, 0.05) is 18.4 Å². The van der Waals surface area contributed by atoms with E-state index in [4.69, 9.17) is 0 Å². The van der Waals surface area contributed by atoms with Gasteiger partial charge in [-0.15, -0.1) is 0 Å². The van der Waals surface area contributed by atoms with E-state index in [0.717, 1.165) is 19.3 Å². The molecule has 5 aliphatic carbocycles. The second-order valence-electron chi connectivity index (χ2n) is 14.8. The van der Waals surface area contributed by atoms with Crippen LogP contribution in [0.2, 0.25) is 0 Å². The quantitative estimate of drug-likeness (QED) is 0.433. The molecule has 0 aromatic carbocycles. The van der Waals surface area contributed by atoms with Gasteiger partial charge in [0.15, 0.2) is 0 Å². The first-order valence-corrected chi connectivity index (χ1v) is 13.6. The highest BCUT2D eigenvalue weighted by Gasteiger charge is 2.67. The van der Waals surface area contributed by atoms with Crippen molar-refractivity contribution in [3.63, 3.8) is 0 Å². The first-order chi connectivity index (χ1) is 14.8. The molecule has 2 heteroatoms. The lowest BCUT2D eigenvalue weighted by Gasteiger charge is -2.70. The topological polar surface area (TPSA) is 37.3 Å². The third kappa shape index (κ3) is 2.71. The van der Waals surface area contributed by atoms with Crippen molar-refractivity contribution in [1.29, 1.82) is 0 Å². The van der Waals surface area contributed by atoms with Gasteiger partial charge in [-0.25, -0.2) is 0 Å². The molecule has 0 bridgehead atoms. The zero-order valence-corrected chi connectivity index (χ0v) is 21.9. The number of allylic oxidation sites excluding steroid dienone is 2. The van der Waals surface area contributed by atoms with Crippen molar-refractivity contribution in [2.75, 3.05) is 6.61 Å². The molecule has 0 radical (unpaired) electrons. The van der Waals surface area contributed by atoms with Gasteiger partial charge >= 0.3 is 0 Å². The van der Waals surface area contributed by atoms with E-state index in [1.807, 2.05) is 0 Å². The predicted octanol–water partition coefficient (Wildman–Crippen LogP) is 7.35. The second-order valence-corrected chi connectivity index (χ2v) is 14.8. The van der Waals surface area contributed by atoms with Crippen LogP contribution in [0, 0.1) is 50.2 Å². The number of carbonyl (C=O) groups is 1. The minimum Gasteiger partial charge on any atom is -0.396 e. The number of fused-ring (bicyclic) bond motifs is 7. The van der Waals surface area contributed by atoms with E-state index >= 15 is 0 Å². The molecule has 0 unspecified atom stereocenters. The minimum atomic E-state index is -0.170. The van der Waals surface area contributed by atoms with Crippen LogP contribution in [0.1, 0.15) is 113 Å². The van der Waals surface area contributed by atoms with E-state index in [2.05, 4.69) is 54.5 Å². The summed E-state index contributed by atoms with van der Waals surface area (Å²) in [7, 11) is 0. The van der Waals surface area contributed by atoms with E-state index in [1.165, 1.54) is 44.9 Å². The van der Waals surface area contributed by atoms with Crippen LogP contribution in [-0.2, 0) is 4.79 Å². The lowest BCUT2D eigenvalue weighted by molar-refractivity contribution is -0.184. The fourth-order valence-electron chi connectivity index (χ4n) is 10.4. The summed E-state index contributed by atoms with van der Waals surface area (Å²) in [5.41, 5.74) is 2.92. The molecule has 4 saturated carbocycles. The number of aliphatic hydroxyl groups excluding tert-OH is 1. The summed E-state index contributed by atoms with van der Waals surface area (Å²) >= 11 is 0. The maximum Gasteiger partial charge on any atom is 0.138 e. The molecule has 0 heterocycles. The highest BCUT2D eigenvalue weighted by Crippen LogP contribution is 2.75. The van der Waals surface area contributed by atoms with E-state index in [9.17, 15) is 9.90 Å². The van der Waals surface area contributed by atoms with Crippen molar-refractivity contribution in [2.24, 2.45) is 50.2 Å². The number of Topliss-reactive ketones (excluding diaryl/α,β-unsaturated/α-hetero) is 1. The first kappa shape index (κ1) is 23.1. The smallest absolute Gasteiger partial charge is 0.138 e. The average Bonchev–Trinajstić information content (AvgIpc) is 2.73. The van der Waals surface area contributed by atoms with Crippen molar-refractivity contribution in [3.8, 4) is 0 Å². The van der Waals surface area contributed by atoms with Crippen molar-refractivity contribution in [2.45, 2.75) is 113 Å². The summed E-state index contributed by atoms with van der Waals surface area (Å²) in [6, 6.07) is 0. The molecule has 180 valence electrons. The zero-order chi connectivity index (χ0) is 23.4. The van der Waals surface area contributed by atoms with E-state index in [1.54, 1.807) is 5.57 Å². The van der Waals surface area contributed by atoms with Gasteiger partial charge in [0.2, 0.25) is 0 Å². The third-order valence-electron chi connectivity index (χ3n) is 13.1. The Balaban J connectivity index is 1.57. The van der Waals surface area contributed by atoms with Crippen LogP contribution < -0.4 is 0 Å². The van der Waals surface area contributed by atoms with Crippen LogP contribution in [0.3, 0.4) is 0 Å². The van der Waals surface area contributed by atoms with Crippen molar-refractivity contribution < 1.29 is 9.90 Å². The highest BCUT2D eigenvalue weighted by atomic mass is 16.3. The van der Waals surface area contributed by atoms with Gasteiger partial charge in [-0.3, -0.25) is 4.79 Å². The molecular formula is C30H48O2. The third-order valence-corrected chi connectivity index (χ3v) is 13.1. The summed E-state index contributed by atoms with van der Waals surface area (Å²) < 4.78 is 0. The average molecular weight is 441 g/mol. The Bertz CT molecular complexity index is 855. The van der Waals surface area contributed by atoms with Gasteiger partial charge in [0.25, 0.3) is 0 Å². The summed E-state index contributed by atoms with van der Waals surface area (Å²) in [4.78, 5) is 12.9. The Morgan fingerprint density at radius 2 is 1.59 bits per heavy atom. The van der Waals surface area contributed by atoms with Crippen LogP contribution >= 0.6 is 0 Å². The maximum absolute atomic E-state index is 12.9. The normalized spacial score (nSPS) is 54.6. The summed E-state index contributed by atoms with van der Waals surface area (Å²) in [5.74, 6) is 2.32. The largest absolute Gasteiger partial charge is 0.396 e. The Morgan fingerprint density at radius 1 is 0.906 bits per heavy atom. The van der Waals surface area contributed by atoms with Gasteiger partial charge in [0.1, 0.15) is 5.78 Å². The molecular weight excluding hydrogens is 392 g/mol. The van der Waals surface area contributed by atoms with Gasteiger partial charge in [0.05, 0.1) is 0 Å². The molecule has 2 nitrogen and oxygen atoms in total. The van der Waals surface area contributed by atoms with Crippen LogP contribution in [-0.4, -0.2) is 17.5 Å². The van der Waals surface area contributed by atoms with E-state index in [0.29, 0.717) is 41.0 Å². The first-order valence-electron chi connectivity index (χ1n) is 13.6. The Morgan fingerprint density at radius 3 is 2.28 bits per heavy atom. The van der Waals surface area contributed by atoms with E-state index in [-0.39, 0.29) is 21.7 Å². The molecule has 4 fully saturated rings. The van der Waals surface area contributed by atoms with Crippen LogP contribution in [0.25, 0.3) is 0 Å². The monoisotopic (exact) mass is 440 g/mol. The van der Waals surface area contributed by atoms with Crippen LogP contribution in [0.15, 0.2) is 11.6 Å². The van der Waals surface area contributed by atoms with Crippen molar-refractivity contribution in [3.05, 3.63) is 11.6 Å².